The van der Waals surface area contributed by atoms with Crippen molar-refractivity contribution in [2.75, 3.05) is 0 Å². The molecule has 3 N–H and O–H groups in total. The van der Waals surface area contributed by atoms with E-state index in [4.69, 9.17) is 5.11 Å². The number of carboxylic acids is 1. The van der Waals surface area contributed by atoms with Crippen molar-refractivity contribution in [1.29, 1.82) is 0 Å². The second-order valence-corrected chi connectivity index (χ2v) is 6.18. The zero-order chi connectivity index (χ0) is 14.0. The van der Waals surface area contributed by atoms with Crippen LogP contribution in [0.2, 0.25) is 0 Å². The molecule has 5 heteroatoms. The van der Waals surface area contributed by atoms with Gasteiger partial charge in [-0.2, -0.15) is 0 Å². The largest absolute Gasteiger partial charge is 0.478 e. The fraction of sp³-hybridized carbons (Fsp3) is 0.692. The summed E-state index contributed by atoms with van der Waals surface area (Å²) in [6.45, 7) is 8.39. The summed E-state index contributed by atoms with van der Waals surface area (Å²) in [6.07, 6.45) is 3.56. The molecular formula is C13H22N2O3. The summed E-state index contributed by atoms with van der Waals surface area (Å²) in [7, 11) is 0. The van der Waals surface area contributed by atoms with Crippen LogP contribution in [-0.4, -0.2) is 34.1 Å². The molecule has 18 heavy (non-hydrogen) atoms. The molecule has 1 aliphatic rings. The van der Waals surface area contributed by atoms with Crippen molar-refractivity contribution in [3.8, 4) is 0 Å². The Morgan fingerprint density at radius 2 is 1.67 bits per heavy atom. The molecule has 0 unspecified atom stereocenters. The van der Waals surface area contributed by atoms with Crippen LogP contribution in [0.5, 0.6) is 0 Å². The standard InChI is InChI=1S/C13H22N2O3/c1-12(2)7-9(8-13(3,4)15-12)14-10(16)5-6-11(17)18/h5-6,9,15H,7-8H2,1-4H3,(H,14,16)(H,17,18)/b6-5-. The minimum atomic E-state index is -1.11. The number of rotatable bonds is 3. The van der Waals surface area contributed by atoms with E-state index in [1.54, 1.807) is 0 Å². The Bertz CT molecular complexity index is 356. The van der Waals surface area contributed by atoms with Gasteiger partial charge in [-0.05, 0) is 40.5 Å². The van der Waals surface area contributed by atoms with Crippen molar-refractivity contribution in [2.24, 2.45) is 0 Å². The number of carbonyl (C=O) groups excluding carboxylic acids is 1. The van der Waals surface area contributed by atoms with Gasteiger partial charge in [-0.25, -0.2) is 4.79 Å². The lowest BCUT2D eigenvalue weighted by Gasteiger charge is -2.46. The van der Waals surface area contributed by atoms with Gasteiger partial charge in [-0.1, -0.05) is 0 Å². The average Bonchev–Trinajstić information content (AvgIpc) is 2.09. The quantitative estimate of drug-likeness (QED) is 0.658. The molecule has 0 aliphatic carbocycles. The Balaban J connectivity index is 2.62. The maximum atomic E-state index is 11.6. The Labute approximate surface area is 108 Å². The van der Waals surface area contributed by atoms with E-state index in [0.717, 1.165) is 25.0 Å². The number of nitrogens with one attached hydrogen (secondary N) is 2. The van der Waals surface area contributed by atoms with Gasteiger partial charge in [-0.15, -0.1) is 0 Å². The Morgan fingerprint density at radius 3 is 2.11 bits per heavy atom. The molecule has 1 heterocycles. The molecule has 5 nitrogen and oxygen atoms in total. The van der Waals surface area contributed by atoms with E-state index < -0.39 is 5.97 Å². The number of hydrogen-bond acceptors (Lipinski definition) is 3. The van der Waals surface area contributed by atoms with Crippen LogP contribution in [0, 0.1) is 0 Å². The SMILES string of the molecule is CC1(C)CC(NC(=O)/C=C\C(=O)O)CC(C)(C)N1. The predicted molar refractivity (Wildman–Crippen MR) is 69.2 cm³/mol. The molecule has 0 atom stereocenters. The topological polar surface area (TPSA) is 78.4 Å². The normalized spacial score (nSPS) is 22.9. The zero-order valence-electron chi connectivity index (χ0n) is 11.4. The fourth-order valence-corrected chi connectivity index (χ4v) is 2.82. The third-order valence-electron chi connectivity index (χ3n) is 2.91. The second kappa shape index (κ2) is 5.10. The maximum absolute atomic E-state index is 11.6. The van der Waals surface area contributed by atoms with E-state index in [9.17, 15) is 9.59 Å². The number of carbonyl (C=O) groups is 2. The first-order chi connectivity index (χ1) is 8.10. The number of aliphatic carboxylic acids is 1. The van der Waals surface area contributed by atoms with Crippen LogP contribution in [0.4, 0.5) is 0 Å². The van der Waals surface area contributed by atoms with E-state index in [-0.39, 0.29) is 23.0 Å². The third-order valence-corrected chi connectivity index (χ3v) is 2.91. The molecular weight excluding hydrogens is 232 g/mol. The van der Waals surface area contributed by atoms with Crippen LogP contribution < -0.4 is 10.6 Å². The molecule has 0 aromatic rings. The van der Waals surface area contributed by atoms with Crippen molar-refractivity contribution in [3.05, 3.63) is 12.2 Å². The summed E-state index contributed by atoms with van der Waals surface area (Å²) in [5, 5.41) is 14.8. The first-order valence-electron chi connectivity index (χ1n) is 6.10. The average molecular weight is 254 g/mol. The monoisotopic (exact) mass is 254 g/mol. The van der Waals surface area contributed by atoms with Gasteiger partial charge in [0.1, 0.15) is 0 Å². The number of hydrogen-bond donors (Lipinski definition) is 3. The highest BCUT2D eigenvalue weighted by Crippen LogP contribution is 2.28. The second-order valence-electron chi connectivity index (χ2n) is 6.18. The summed E-state index contributed by atoms with van der Waals surface area (Å²) in [6, 6.07) is 0.0576. The van der Waals surface area contributed by atoms with Gasteiger partial charge >= 0.3 is 5.97 Å². The summed E-state index contributed by atoms with van der Waals surface area (Å²) in [4.78, 5) is 21.9. The van der Waals surface area contributed by atoms with Gasteiger partial charge in [-0.3, -0.25) is 4.79 Å². The van der Waals surface area contributed by atoms with Gasteiger partial charge in [0, 0.05) is 29.3 Å². The number of carboxylic acid groups (broad SMARTS) is 1. The van der Waals surface area contributed by atoms with Crippen LogP contribution in [0.1, 0.15) is 40.5 Å². The summed E-state index contributed by atoms with van der Waals surface area (Å²) >= 11 is 0. The van der Waals surface area contributed by atoms with Crippen molar-refractivity contribution >= 4 is 11.9 Å². The van der Waals surface area contributed by atoms with Gasteiger partial charge in [0.25, 0.3) is 0 Å². The number of piperidine rings is 1. The van der Waals surface area contributed by atoms with Crippen molar-refractivity contribution < 1.29 is 14.7 Å². The highest BCUT2D eigenvalue weighted by molar-refractivity contribution is 5.94. The van der Waals surface area contributed by atoms with E-state index >= 15 is 0 Å². The zero-order valence-corrected chi connectivity index (χ0v) is 11.4. The van der Waals surface area contributed by atoms with E-state index in [1.807, 2.05) is 0 Å². The lowest BCUT2D eigenvalue weighted by molar-refractivity contribution is -0.131. The molecule has 1 rings (SSSR count). The van der Waals surface area contributed by atoms with Crippen molar-refractivity contribution in [1.82, 2.24) is 10.6 Å². The fourth-order valence-electron chi connectivity index (χ4n) is 2.82. The molecule has 0 aromatic carbocycles. The van der Waals surface area contributed by atoms with Gasteiger partial charge in [0.2, 0.25) is 5.91 Å². The molecule has 0 spiro atoms. The van der Waals surface area contributed by atoms with Crippen LogP contribution in [0.15, 0.2) is 12.2 Å². The lowest BCUT2D eigenvalue weighted by atomic mass is 9.79. The molecule has 1 saturated heterocycles. The minimum absolute atomic E-state index is 0.0454. The van der Waals surface area contributed by atoms with Crippen molar-refractivity contribution in [3.63, 3.8) is 0 Å². The Kier molecular flexibility index (Phi) is 4.16. The van der Waals surface area contributed by atoms with Gasteiger partial charge < -0.3 is 15.7 Å². The molecule has 1 fully saturated rings. The Hall–Kier alpha value is -1.36. The third kappa shape index (κ3) is 4.87. The first kappa shape index (κ1) is 14.7. The van der Waals surface area contributed by atoms with E-state index in [0.29, 0.717) is 0 Å². The van der Waals surface area contributed by atoms with E-state index in [1.165, 1.54) is 0 Å². The highest BCUT2D eigenvalue weighted by atomic mass is 16.4. The van der Waals surface area contributed by atoms with Crippen LogP contribution >= 0.6 is 0 Å². The summed E-state index contributed by atoms with van der Waals surface area (Å²) in [5.41, 5.74) is -0.0909. The summed E-state index contributed by atoms with van der Waals surface area (Å²) < 4.78 is 0. The minimum Gasteiger partial charge on any atom is -0.478 e. The highest BCUT2D eigenvalue weighted by Gasteiger charge is 2.37. The molecule has 0 radical (unpaired) electrons. The van der Waals surface area contributed by atoms with E-state index in [2.05, 4.69) is 38.3 Å². The van der Waals surface area contributed by atoms with Crippen molar-refractivity contribution in [2.45, 2.75) is 57.7 Å². The molecule has 0 aromatic heterocycles. The lowest BCUT2D eigenvalue weighted by Crippen LogP contribution is -2.62. The molecule has 0 bridgehead atoms. The molecule has 1 amide bonds. The van der Waals surface area contributed by atoms with Crippen LogP contribution in [0.25, 0.3) is 0 Å². The molecule has 1 aliphatic heterocycles. The van der Waals surface area contributed by atoms with Gasteiger partial charge in [0.05, 0.1) is 0 Å². The molecule has 0 saturated carbocycles. The Morgan fingerprint density at radius 1 is 1.17 bits per heavy atom. The first-order valence-corrected chi connectivity index (χ1v) is 6.10. The molecule has 102 valence electrons. The number of amides is 1. The summed E-state index contributed by atoms with van der Waals surface area (Å²) in [5.74, 6) is -1.47. The van der Waals surface area contributed by atoms with Crippen LogP contribution in [0.3, 0.4) is 0 Å². The smallest absolute Gasteiger partial charge is 0.328 e. The predicted octanol–water partition coefficient (Wildman–Crippen LogP) is 1.05. The van der Waals surface area contributed by atoms with Crippen LogP contribution in [-0.2, 0) is 9.59 Å². The maximum Gasteiger partial charge on any atom is 0.328 e. The van der Waals surface area contributed by atoms with Gasteiger partial charge in [0.15, 0.2) is 0 Å².